The molecule has 2 aromatic heterocycles. The molecule has 0 amide bonds. The molecule has 2 heterocycles. The third kappa shape index (κ3) is 3.58. The molecule has 3 aromatic carbocycles. The maximum absolute atomic E-state index is 13.8. The van der Waals surface area contributed by atoms with Crippen LogP contribution in [0.1, 0.15) is 5.56 Å². The minimum atomic E-state index is -0.399. The van der Waals surface area contributed by atoms with Crippen molar-refractivity contribution in [1.82, 2.24) is 14.5 Å². The van der Waals surface area contributed by atoms with Crippen molar-refractivity contribution in [3.05, 3.63) is 84.6 Å². The molecule has 31 heavy (non-hydrogen) atoms. The number of hydrogen-bond acceptors (Lipinski definition) is 5. The first-order valence-corrected chi connectivity index (χ1v) is 10.5. The Morgan fingerprint density at radius 3 is 2.61 bits per heavy atom. The van der Waals surface area contributed by atoms with E-state index in [2.05, 4.69) is 4.98 Å². The molecule has 0 aliphatic carbocycles. The van der Waals surface area contributed by atoms with Gasteiger partial charge in [-0.25, -0.2) is 14.4 Å². The number of aliphatic hydroxyl groups excluding tert-OH is 1. The normalized spacial score (nSPS) is 11.2. The summed E-state index contributed by atoms with van der Waals surface area (Å²) in [4.78, 5) is 8.99. The third-order valence-electron chi connectivity index (χ3n) is 5.11. The second kappa shape index (κ2) is 7.94. The van der Waals surface area contributed by atoms with Crippen molar-refractivity contribution in [1.29, 1.82) is 0 Å². The summed E-state index contributed by atoms with van der Waals surface area (Å²) in [6.07, 6.45) is 3.47. The molecule has 7 heteroatoms. The Labute approximate surface area is 182 Å². The van der Waals surface area contributed by atoms with Crippen molar-refractivity contribution >= 4 is 21.6 Å². The van der Waals surface area contributed by atoms with E-state index in [9.17, 15) is 9.50 Å². The van der Waals surface area contributed by atoms with E-state index in [0.717, 1.165) is 43.3 Å². The first-order valence-electron chi connectivity index (χ1n) is 9.63. The lowest BCUT2D eigenvalue weighted by molar-refractivity contribution is 0.282. The minimum absolute atomic E-state index is 0.0189. The fourth-order valence-electron chi connectivity index (χ4n) is 3.49. The Morgan fingerprint density at radius 2 is 1.84 bits per heavy atom. The van der Waals surface area contributed by atoms with Gasteiger partial charge in [0.15, 0.2) is 11.6 Å². The number of nitrogens with zero attached hydrogens (tertiary/aromatic N) is 3. The summed E-state index contributed by atoms with van der Waals surface area (Å²) < 4.78 is 21.9. The average molecular weight is 431 g/mol. The molecule has 0 aliphatic heterocycles. The van der Waals surface area contributed by atoms with Crippen LogP contribution in [0.25, 0.3) is 37.7 Å². The topological polar surface area (TPSA) is 60.2 Å². The maximum Gasteiger partial charge on any atom is 0.165 e. The lowest BCUT2D eigenvalue weighted by Crippen LogP contribution is -1.96. The van der Waals surface area contributed by atoms with Gasteiger partial charge in [-0.2, -0.15) is 0 Å². The number of methoxy groups -OCH3 is 1. The molecule has 0 aliphatic rings. The molecule has 0 saturated heterocycles. The summed E-state index contributed by atoms with van der Waals surface area (Å²) in [5.74, 6) is -0.204. The predicted molar refractivity (Wildman–Crippen MR) is 120 cm³/mol. The van der Waals surface area contributed by atoms with Crippen molar-refractivity contribution in [3.63, 3.8) is 0 Å². The van der Waals surface area contributed by atoms with Crippen LogP contribution in [0.2, 0.25) is 0 Å². The summed E-state index contributed by atoms with van der Waals surface area (Å²) in [5, 5.41) is 10.3. The summed E-state index contributed by atoms with van der Waals surface area (Å²) in [7, 11) is 1.45. The molecule has 0 atom stereocenters. The molecule has 154 valence electrons. The van der Waals surface area contributed by atoms with Gasteiger partial charge in [-0.1, -0.05) is 6.07 Å². The van der Waals surface area contributed by atoms with Crippen LogP contribution in [0.4, 0.5) is 4.39 Å². The van der Waals surface area contributed by atoms with Gasteiger partial charge < -0.3 is 9.84 Å². The Hall–Kier alpha value is -3.55. The van der Waals surface area contributed by atoms with Crippen molar-refractivity contribution in [2.45, 2.75) is 6.61 Å². The SMILES string of the molecule is COc1cc(-c2cncn2-c2ccc(-c3nc4ccc(CO)cc4s3)cc2)ccc1F. The van der Waals surface area contributed by atoms with E-state index in [1.807, 2.05) is 47.0 Å². The fraction of sp³-hybridized carbons (Fsp3) is 0.0833. The number of halogens is 1. The summed E-state index contributed by atoms with van der Waals surface area (Å²) in [6.45, 7) is 0.0189. The average Bonchev–Trinajstić information content (AvgIpc) is 3.46. The molecular formula is C24H18FN3O2S. The maximum atomic E-state index is 13.8. The summed E-state index contributed by atoms with van der Waals surface area (Å²) in [5.41, 5.74) is 5.39. The second-order valence-corrected chi connectivity index (χ2v) is 8.05. The van der Waals surface area contributed by atoms with Gasteiger partial charge in [0.05, 0.1) is 42.2 Å². The largest absolute Gasteiger partial charge is 0.494 e. The Kier molecular flexibility index (Phi) is 4.97. The zero-order chi connectivity index (χ0) is 21.4. The van der Waals surface area contributed by atoms with Gasteiger partial charge in [-0.05, 0) is 60.2 Å². The van der Waals surface area contributed by atoms with E-state index in [1.54, 1.807) is 36.0 Å². The monoisotopic (exact) mass is 431 g/mol. The predicted octanol–water partition coefficient (Wildman–Crippen LogP) is 5.46. The van der Waals surface area contributed by atoms with Crippen molar-refractivity contribution in [2.75, 3.05) is 7.11 Å². The molecule has 0 unspecified atom stereocenters. The number of hydrogen-bond donors (Lipinski definition) is 1. The van der Waals surface area contributed by atoms with E-state index in [0.29, 0.717) is 0 Å². The highest BCUT2D eigenvalue weighted by Crippen LogP contribution is 2.32. The summed E-state index contributed by atoms with van der Waals surface area (Å²) in [6, 6.07) is 18.6. The molecule has 5 nitrogen and oxygen atoms in total. The Morgan fingerprint density at radius 1 is 1.03 bits per heavy atom. The number of thiazole rings is 1. The number of imidazole rings is 1. The number of aromatic nitrogens is 3. The Bertz CT molecular complexity index is 1380. The number of rotatable bonds is 5. The molecule has 0 spiro atoms. The van der Waals surface area contributed by atoms with Crippen LogP contribution in [-0.2, 0) is 6.61 Å². The Balaban J connectivity index is 1.48. The van der Waals surface area contributed by atoms with Gasteiger partial charge >= 0.3 is 0 Å². The molecule has 0 bridgehead atoms. The van der Waals surface area contributed by atoms with Crippen LogP contribution >= 0.6 is 11.3 Å². The number of benzene rings is 3. The third-order valence-corrected chi connectivity index (χ3v) is 6.18. The highest BCUT2D eigenvalue weighted by molar-refractivity contribution is 7.21. The van der Waals surface area contributed by atoms with Crippen LogP contribution in [0.3, 0.4) is 0 Å². The van der Waals surface area contributed by atoms with E-state index in [4.69, 9.17) is 9.72 Å². The van der Waals surface area contributed by atoms with Gasteiger partial charge in [0.1, 0.15) is 5.01 Å². The van der Waals surface area contributed by atoms with Gasteiger partial charge in [-0.3, -0.25) is 4.57 Å². The first kappa shape index (κ1) is 19.4. The van der Waals surface area contributed by atoms with Crippen LogP contribution in [-0.4, -0.2) is 26.8 Å². The highest BCUT2D eigenvalue weighted by Gasteiger charge is 2.12. The lowest BCUT2D eigenvalue weighted by Gasteiger charge is -2.10. The van der Waals surface area contributed by atoms with Crippen molar-refractivity contribution in [2.24, 2.45) is 0 Å². The van der Waals surface area contributed by atoms with Crippen LogP contribution in [0.5, 0.6) is 5.75 Å². The summed E-state index contributed by atoms with van der Waals surface area (Å²) >= 11 is 1.60. The smallest absolute Gasteiger partial charge is 0.165 e. The molecule has 0 saturated carbocycles. The van der Waals surface area contributed by atoms with Crippen LogP contribution in [0, 0.1) is 5.82 Å². The van der Waals surface area contributed by atoms with Gasteiger partial charge in [0.25, 0.3) is 0 Å². The van der Waals surface area contributed by atoms with E-state index < -0.39 is 5.82 Å². The van der Waals surface area contributed by atoms with Gasteiger partial charge in [0, 0.05) is 16.8 Å². The lowest BCUT2D eigenvalue weighted by atomic mass is 10.1. The van der Waals surface area contributed by atoms with E-state index >= 15 is 0 Å². The molecular weight excluding hydrogens is 413 g/mol. The van der Waals surface area contributed by atoms with Crippen LogP contribution in [0.15, 0.2) is 73.2 Å². The fourth-order valence-corrected chi connectivity index (χ4v) is 4.52. The van der Waals surface area contributed by atoms with Gasteiger partial charge in [-0.15, -0.1) is 11.3 Å². The van der Waals surface area contributed by atoms with Crippen molar-refractivity contribution in [3.8, 4) is 33.3 Å². The quantitative estimate of drug-likeness (QED) is 0.402. The molecule has 5 aromatic rings. The molecule has 0 radical (unpaired) electrons. The van der Waals surface area contributed by atoms with Crippen molar-refractivity contribution < 1.29 is 14.2 Å². The number of fused-ring (bicyclic) bond motifs is 1. The highest BCUT2D eigenvalue weighted by atomic mass is 32.1. The van der Waals surface area contributed by atoms with Crippen LogP contribution < -0.4 is 4.74 Å². The minimum Gasteiger partial charge on any atom is -0.494 e. The second-order valence-electron chi connectivity index (χ2n) is 7.02. The number of aliphatic hydroxyl groups is 1. The standard InChI is InChI=1S/C24H18FN3O2S/c1-30-22-11-17(5-8-19(22)25)21-12-26-14-28(21)18-6-3-16(4-7-18)24-27-20-9-2-15(13-29)10-23(20)31-24/h2-12,14,29H,13H2,1H3. The van der Waals surface area contributed by atoms with E-state index in [-0.39, 0.29) is 12.4 Å². The molecule has 1 N–H and O–H groups in total. The van der Waals surface area contributed by atoms with E-state index in [1.165, 1.54) is 13.2 Å². The zero-order valence-corrected chi connectivity index (χ0v) is 17.4. The number of ether oxygens (including phenoxy) is 1. The zero-order valence-electron chi connectivity index (χ0n) is 16.6. The molecule has 0 fully saturated rings. The van der Waals surface area contributed by atoms with Gasteiger partial charge in [0.2, 0.25) is 0 Å². The molecule has 5 rings (SSSR count). The first-order chi connectivity index (χ1) is 15.2.